The van der Waals surface area contributed by atoms with E-state index in [0.29, 0.717) is 36.5 Å². The summed E-state index contributed by atoms with van der Waals surface area (Å²) < 4.78 is 11.3. The summed E-state index contributed by atoms with van der Waals surface area (Å²) in [5, 5.41) is 3.80. The van der Waals surface area contributed by atoms with Crippen molar-refractivity contribution in [1.82, 2.24) is 5.32 Å². The normalized spacial score (nSPS) is 56.8. The van der Waals surface area contributed by atoms with E-state index < -0.39 is 0 Å². The van der Waals surface area contributed by atoms with Crippen molar-refractivity contribution in [2.45, 2.75) is 75.0 Å². The van der Waals surface area contributed by atoms with Gasteiger partial charge < -0.3 is 14.8 Å². The number of epoxide rings is 1. The van der Waals surface area contributed by atoms with Crippen LogP contribution in [0.5, 0.6) is 0 Å². The van der Waals surface area contributed by atoms with Crippen LogP contribution in [0.3, 0.4) is 0 Å². The van der Waals surface area contributed by atoms with Crippen LogP contribution in [0.2, 0.25) is 0 Å². The zero-order valence-electron chi connectivity index (χ0n) is 9.02. The Labute approximate surface area is 90.5 Å². The zero-order chi connectivity index (χ0) is 9.83. The first-order valence-electron chi connectivity index (χ1n) is 6.45. The predicted octanol–water partition coefficient (Wildman–Crippen LogP) is 1.22. The Morgan fingerprint density at radius 1 is 0.800 bits per heavy atom. The van der Waals surface area contributed by atoms with E-state index in [4.69, 9.17) is 9.47 Å². The summed E-state index contributed by atoms with van der Waals surface area (Å²) in [7, 11) is 0. The third-order valence-corrected chi connectivity index (χ3v) is 4.56. The minimum Gasteiger partial charge on any atom is -0.373 e. The van der Waals surface area contributed by atoms with Gasteiger partial charge in [0.2, 0.25) is 0 Å². The van der Waals surface area contributed by atoms with Gasteiger partial charge in [-0.2, -0.15) is 0 Å². The van der Waals surface area contributed by atoms with E-state index in [1.165, 1.54) is 38.5 Å². The van der Waals surface area contributed by atoms with E-state index in [1.807, 2.05) is 0 Å². The molecule has 0 aromatic carbocycles. The first kappa shape index (κ1) is 8.97. The Kier molecular flexibility index (Phi) is 1.91. The van der Waals surface area contributed by atoms with Crippen molar-refractivity contribution in [3.05, 3.63) is 0 Å². The molecular formula is C12H19NO2. The second-order valence-electron chi connectivity index (χ2n) is 5.61. The molecular weight excluding hydrogens is 190 g/mol. The standard InChI is InChI=1S/C12H19NO2/c1-4-10-12(15-10)5-7(1)13-9-3-2-8-6-11(9)14-8/h7-13H,1-6H2. The molecule has 3 aliphatic heterocycles. The molecule has 84 valence electrons. The van der Waals surface area contributed by atoms with Crippen LogP contribution in [-0.2, 0) is 9.47 Å². The number of ether oxygens (including phenoxy) is 2. The van der Waals surface area contributed by atoms with Crippen molar-refractivity contribution < 1.29 is 9.47 Å². The summed E-state index contributed by atoms with van der Waals surface area (Å²) >= 11 is 0. The lowest BCUT2D eigenvalue weighted by molar-refractivity contribution is -0.172. The van der Waals surface area contributed by atoms with E-state index >= 15 is 0 Å². The molecule has 3 heteroatoms. The molecule has 15 heavy (non-hydrogen) atoms. The minimum atomic E-state index is 0.529. The molecule has 5 fully saturated rings. The fourth-order valence-electron chi connectivity index (χ4n) is 3.54. The van der Waals surface area contributed by atoms with Gasteiger partial charge in [0.15, 0.2) is 0 Å². The van der Waals surface area contributed by atoms with Crippen LogP contribution >= 0.6 is 0 Å². The highest BCUT2D eigenvalue weighted by atomic mass is 16.6. The molecule has 6 atom stereocenters. The maximum absolute atomic E-state index is 5.77. The van der Waals surface area contributed by atoms with E-state index in [0.717, 1.165) is 0 Å². The maximum atomic E-state index is 5.77. The lowest BCUT2D eigenvalue weighted by Gasteiger charge is -2.48. The van der Waals surface area contributed by atoms with Gasteiger partial charge in [0, 0.05) is 18.5 Å². The van der Waals surface area contributed by atoms with Gasteiger partial charge in [-0.1, -0.05) is 0 Å². The molecule has 5 aliphatic rings. The summed E-state index contributed by atoms with van der Waals surface area (Å²) in [4.78, 5) is 0. The number of hydrogen-bond acceptors (Lipinski definition) is 3. The fraction of sp³-hybridized carbons (Fsp3) is 1.00. The molecule has 2 saturated carbocycles. The summed E-state index contributed by atoms with van der Waals surface area (Å²) in [5.74, 6) is 0. The lowest BCUT2D eigenvalue weighted by Crippen LogP contribution is -2.58. The minimum absolute atomic E-state index is 0.529. The molecule has 0 aromatic heterocycles. The maximum Gasteiger partial charge on any atom is 0.0856 e. The van der Waals surface area contributed by atoms with Crippen molar-refractivity contribution in [3.63, 3.8) is 0 Å². The smallest absolute Gasteiger partial charge is 0.0856 e. The van der Waals surface area contributed by atoms with Gasteiger partial charge in [-0.3, -0.25) is 0 Å². The van der Waals surface area contributed by atoms with Gasteiger partial charge in [0.05, 0.1) is 24.4 Å². The first-order chi connectivity index (χ1) is 7.38. The highest BCUT2D eigenvalue weighted by Crippen LogP contribution is 2.39. The molecule has 5 rings (SSSR count). The van der Waals surface area contributed by atoms with Crippen LogP contribution in [0.25, 0.3) is 0 Å². The Morgan fingerprint density at radius 2 is 1.73 bits per heavy atom. The molecule has 1 N–H and O–H groups in total. The Bertz CT molecular complexity index is 262. The average Bonchev–Trinajstić information content (AvgIpc) is 2.94. The lowest BCUT2D eigenvalue weighted by atomic mass is 9.83. The third-order valence-electron chi connectivity index (χ3n) is 4.56. The fourth-order valence-corrected chi connectivity index (χ4v) is 3.54. The first-order valence-corrected chi connectivity index (χ1v) is 6.45. The summed E-state index contributed by atoms with van der Waals surface area (Å²) in [6.45, 7) is 0. The second kappa shape index (κ2) is 3.19. The van der Waals surface area contributed by atoms with Gasteiger partial charge in [-0.25, -0.2) is 0 Å². The van der Waals surface area contributed by atoms with Crippen LogP contribution in [0.15, 0.2) is 0 Å². The molecule has 6 unspecified atom stereocenters. The summed E-state index contributed by atoms with van der Waals surface area (Å²) in [6, 6.07) is 1.33. The number of fused-ring (bicyclic) bond motifs is 3. The summed E-state index contributed by atoms with van der Waals surface area (Å²) in [5.41, 5.74) is 0. The molecule has 3 nitrogen and oxygen atoms in total. The predicted molar refractivity (Wildman–Crippen MR) is 55.7 cm³/mol. The number of hydrogen-bond donors (Lipinski definition) is 1. The molecule has 2 aliphatic carbocycles. The third kappa shape index (κ3) is 1.52. The van der Waals surface area contributed by atoms with Gasteiger partial charge in [0.25, 0.3) is 0 Å². The number of nitrogens with one attached hydrogen (secondary N) is 1. The van der Waals surface area contributed by atoms with Crippen LogP contribution in [0.1, 0.15) is 38.5 Å². The Balaban J connectivity index is 1.34. The SMILES string of the molecule is C1CC2OC2CC1NC1CCC2CC1O2. The highest BCUT2D eigenvalue weighted by molar-refractivity contribution is 4.99. The van der Waals surface area contributed by atoms with E-state index in [9.17, 15) is 0 Å². The molecule has 2 bridgehead atoms. The molecule has 0 spiro atoms. The molecule has 0 radical (unpaired) electrons. The molecule has 0 amide bonds. The topological polar surface area (TPSA) is 33.8 Å². The average molecular weight is 209 g/mol. The van der Waals surface area contributed by atoms with Gasteiger partial charge in [0.1, 0.15) is 0 Å². The molecule has 3 saturated heterocycles. The van der Waals surface area contributed by atoms with Crippen molar-refractivity contribution >= 4 is 0 Å². The second-order valence-corrected chi connectivity index (χ2v) is 5.61. The van der Waals surface area contributed by atoms with Crippen LogP contribution in [0.4, 0.5) is 0 Å². The van der Waals surface area contributed by atoms with E-state index in [-0.39, 0.29) is 0 Å². The quantitative estimate of drug-likeness (QED) is 0.694. The number of rotatable bonds is 2. The monoisotopic (exact) mass is 209 g/mol. The Hall–Kier alpha value is -0.120. The van der Waals surface area contributed by atoms with Gasteiger partial charge in [-0.15, -0.1) is 0 Å². The van der Waals surface area contributed by atoms with Crippen LogP contribution < -0.4 is 5.32 Å². The van der Waals surface area contributed by atoms with Crippen LogP contribution in [-0.4, -0.2) is 36.5 Å². The van der Waals surface area contributed by atoms with Crippen molar-refractivity contribution in [2.75, 3.05) is 0 Å². The van der Waals surface area contributed by atoms with E-state index in [1.54, 1.807) is 0 Å². The van der Waals surface area contributed by atoms with Gasteiger partial charge >= 0.3 is 0 Å². The largest absolute Gasteiger partial charge is 0.373 e. The molecule has 3 heterocycles. The van der Waals surface area contributed by atoms with Crippen molar-refractivity contribution in [2.24, 2.45) is 0 Å². The van der Waals surface area contributed by atoms with Gasteiger partial charge in [-0.05, 0) is 32.1 Å². The Morgan fingerprint density at radius 3 is 2.47 bits per heavy atom. The zero-order valence-corrected chi connectivity index (χ0v) is 9.02. The van der Waals surface area contributed by atoms with Crippen molar-refractivity contribution in [3.8, 4) is 0 Å². The summed E-state index contributed by atoms with van der Waals surface area (Å²) in [6.07, 6.45) is 10.0. The highest BCUT2D eigenvalue weighted by Gasteiger charge is 2.46. The molecule has 0 aromatic rings. The van der Waals surface area contributed by atoms with E-state index in [2.05, 4.69) is 5.32 Å². The van der Waals surface area contributed by atoms with Crippen molar-refractivity contribution in [1.29, 1.82) is 0 Å². The van der Waals surface area contributed by atoms with Crippen LogP contribution in [0, 0.1) is 0 Å².